The van der Waals surface area contributed by atoms with Crippen molar-refractivity contribution in [1.29, 1.82) is 0 Å². The fourth-order valence-corrected chi connectivity index (χ4v) is 2.86. The van der Waals surface area contributed by atoms with Crippen molar-refractivity contribution in [3.8, 4) is 23.0 Å². The Labute approximate surface area is 165 Å². The van der Waals surface area contributed by atoms with Gasteiger partial charge in [-0.1, -0.05) is 12.1 Å². The molecule has 0 aliphatic rings. The maximum Gasteiger partial charge on any atom is 0.188 e. The van der Waals surface area contributed by atoms with Crippen LogP contribution < -0.4 is 18.9 Å². The molecule has 2 aromatic rings. The van der Waals surface area contributed by atoms with E-state index in [0.717, 1.165) is 11.1 Å². The summed E-state index contributed by atoms with van der Waals surface area (Å²) >= 11 is 0. The van der Waals surface area contributed by atoms with Crippen LogP contribution in [0, 0.1) is 0 Å². The molecule has 0 spiro atoms. The van der Waals surface area contributed by atoms with E-state index in [2.05, 4.69) is 0 Å². The zero-order chi connectivity index (χ0) is 20.4. The number of benzene rings is 2. The zero-order valence-electron chi connectivity index (χ0n) is 16.8. The van der Waals surface area contributed by atoms with Gasteiger partial charge in [-0.15, -0.1) is 0 Å². The first-order valence-electron chi connectivity index (χ1n) is 8.87. The van der Waals surface area contributed by atoms with Crippen molar-refractivity contribution in [3.05, 3.63) is 47.5 Å². The van der Waals surface area contributed by atoms with Gasteiger partial charge in [-0.05, 0) is 36.2 Å². The van der Waals surface area contributed by atoms with Gasteiger partial charge >= 0.3 is 0 Å². The Hall–Kier alpha value is -2.48. The molecule has 0 amide bonds. The van der Waals surface area contributed by atoms with Crippen molar-refractivity contribution in [2.24, 2.45) is 0 Å². The predicted octanol–water partition coefficient (Wildman–Crippen LogP) is 2.82. The molecule has 0 bridgehead atoms. The first kappa shape index (κ1) is 21.8. The fourth-order valence-electron chi connectivity index (χ4n) is 2.86. The number of methoxy groups -OCH3 is 4. The maximum atomic E-state index is 10.7. The Morgan fingerprint density at radius 3 is 2.04 bits per heavy atom. The molecule has 7 heteroatoms. The topological polar surface area (TPSA) is 75.6 Å². The lowest BCUT2D eigenvalue weighted by Crippen LogP contribution is -2.16. The molecular formula is C21H28O7. The third-order valence-corrected chi connectivity index (χ3v) is 4.11. The van der Waals surface area contributed by atoms with Crippen molar-refractivity contribution >= 4 is 0 Å². The maximum absolute atomic E-state index is 10.7. The molecular weight excluding hydrogens is 364 g/mol. The summed E-state index contributed by atoms with van der Waals surface area (Å²) in [6.07, 6.45) is 0.160. The van der Waals surface area contributed by atoms with Crippen molar-refractivity contribution in [3.63, 3.8) is 0 Å². The minimum absolute atomic E-state index is 0.121. The Morgan fingerprint density at radius 1 is 0.750 bits per heavy atom. The predicted molar refractivity (Wildman–Crippen MR) is 104 cm³/mol. The number of hydrogen-bond acceptors (Lipinski definition) is 7. The van der Waals surface area contributed by atoms with Gasteiger partial charge in [-0.25, -0.2) is 0 Å². The van der Waals surface area contributed by atoms with Gasteiger partial charge in [0.15, 0.2) is 25.1 Å². The lowest BCUT2D eigenvalue weighted by atomic mass is 9.99. The third-order valence-electron chi connectivity index (χ3n) is 4.11. The normalized spacial score (nSPS) is 11.8. The molecule has 0 heterocycles. The van der Waals surface area contributed by atoms with Gasteiger partial charge in [0.1, 0.15) is 11.5 Å². The lowest BCUT2D eigenvalue weighted by Gasteiger charge is -2.18. The summed E-state index contributed by atoms with van der Waals surface area (Å²) in [7, 11) is 6.28. The molecule has 0 aliphatic heterocycles. The summed E-state index contributed by atoms with van der Waals surface area (Å²) in [6, 6.07) is 11.0. The van der Waals surface area contributed by atoms with Crippen LogP contribution in [0.5, 0.6) is 23.0 Å². The van der Waals surface area contributed by atoms with E-state index in [9.17, 15) is 5.11 Å². The summed E-state index contributed by atoms with van der Waals surface area (Å²) in [5.41, 5.74) is 1.71. The van der Waals surface area contributed by atoms with E-state index in [1.165, 1.54) is 0 Å². The lowest BCUT2D eigenvalue weighted by molar-refractivity contribution is 0.0491. The van der Waals surface area contributed by atoms with E-state index in [4.69, 9.17) is 28.4 Å². The molecule has 0 saturated heterocycles. The highest BCUT2D eigenvalue weighted by atomic mass is 16.7. The fraction of sp³-hybridized carbons (Fsp3) is 0.429. The molecule has 2 aromatic carbocycles. The highest BCUT2D eigenvalue weighted by molar-refractivity contribution is 5.46. The third kappa shape index (κ3) is 6.02. The summed E-state index contributed by atoms with van der Waals surface area (Å²) in [6.45, 7) is 0.257. The van der Waals surface area contributed by atoms with Crippen LogP contribution in [0.2, 0.25) is 0 Å². The SMILES string of the molecule is COCOc1ccc(C[C@H](O)Cc2c(OC)cccc2OCOC)cc1OC. The highest BCUT2D eigenvalue weighted by Gasteiger charge is 2.17. The molecule has 1 atom stereocenters. The monoisotopic (exact) mass is 392 g/mol. The van der Waals surface area contributed by atoms with Crippen LogP contribution in [0.4, 0.5) is 0 Å². The average molecular weight is 392 g/mol. The van der Waals surface area contributed by atoms with Crippen molar-refractivity contribution in [2.75, 3.05) is 42.0 Å². The first-order chi connectivity index (χ1) is 13.6. The smallest absolute Gasteiger partial charge is 0.188 e. The van der Waals surface area contributed by atoms with E-state index in [1.54, 1.807) is 34.5 Å². The summed E-state index contributed by atoms with van der Waals surface area (Å²) < 4.78 is 31.8. The van der Waals surface area contributed by atoms with Gasteiger partial charge in [0.2, 0.25) is 0 Å². The molecule has 154 valence electrons. The van der Waals surface area contributed by atoms with Gasteiger partial charge in [-0.3, -0.25) is 0 Å². The number of ether oxygens (including phenoxy) is 6. The Kier molecular flexibility index (Phi) is 8.87. The quantitative estimate of drug-likeness (QED) is 0.557. The molecule has 0 unspecified atom stereocenters. The van der Waals surface area contributed by atoms with Crippen molar-refractivity contribution in [1.82, 2.24) is 0 Å². The second kappa shape index (κ2) is 11.4. The zero-order valence-corrected chi connectivity index (χ0v) is 16.8. The number of aliphatic hydroxyl groups is 1. The molecule has 1 N–H and O–H groups in total. The minimum Gasteiger partial charge on any atom is -0.496 e. The Bertz CT molecular complexity index is 733. The summed E-state index contributed by atoms with van der Waals surface area (Å²) in [5.74, 6) is 2.46. The van der Waals surface area contributed by atoms with Crippen LogP contribution in [0.3, 0.4) is 0 Å². The molecule has 0 aromatic heterocycles. The van der Waals surface area contributed by atoms with Crippen molar-refractivity contribution in [2.45, 2.75) is 18.9 Å². The molecule has 28 heavy (non-hydrogen) atoms. The molecule has 0 radical (unpaired) electrons. The van der Waals surface area contributed by atoms with Crippen LogP contribution >= 0.6 is 0 Å². The standard InChI is InChI=1S/C21H28O7/c1-23-13-27-19-7-5-6-18(25-3)17(19)12-16(22)10-15-8-9-20(28-14-24-2)21(11-15)26-4/h5-9,11,16,22H,10,12-14H2,1-4H3/t16-/m0/s1. The molecule has 7 nitrogen and oxygen atoms in total. The molecule has 0 saturated carbocycles. The van der Waals surface area contributed by atoms with E-state index in [-0.39, 0.29) is 13.6 Å². The van der Waals surface area contributed by atoms with Gasteiger partial charge in [-0.2, -0.15) is 0 Å². The van der Waals surface area contributed by atoms with Crippen molar-refractivity contribution < 1.29 is 33.5 Å². The molecule has 0 fully saturated rings. The highest BCUT2D eigenvalue weighted by Crippen LogP contribution is 2.32. The van der Waals surface area contributed by atoms with Crippen LogP contribution in [0.15, 0.2) is 36.4 Å². The number of aliphatic hydroxyl groups excluding tert-OH is 1. The Morgan fingerprint density at radius 2 is 1.39 bits per heavy atom. The summed E-state index contributed by atoms with van der Waals surface area (Å²) in [4.78, 5) is 0. The number of rotatable bonds is 12. The largest absolute Gasteiger partial charge is 0.496 e. The van der Waals surface area contributed by atoms with Gasteiger partial charge in [0.25, 0.3) is 0 Å². The van der Waals surface area contributed by atoms with Crippen LogP contribution in [0.1, 0.15) is 11.1 Å². The van der Waals surface area contributed by atoms with E-state index >= 15 is 0 Å². The average Bonchev–Trinajstić information content (AvgIpc) is 2.71. The number of hydrogen-bond donors (Lipinski definition) is 1. The van der Waals surface area contributed by atoms with Gasteiger partial charge in [0.05, 0.1) is 20.3 Å². The first-order valence-corrected chi connectivity index (χ1v) is 8.87. The van der Waals surface area contributed by atoms with Gasteiger partial charge < -0.3 is 33.5 Å². The Balaban J connectivity index is 2.12. The second-order valence-electron chi connectivity index (χ2n) is 6.09. The molecule has 0 aliphatic carbocycles. The van der Waals surface area contributed by atoms with Crippen LogP contribution in [-0.2, 0) is 22.3 Å². The van der Waals surface area contributed by atoms with Crippen LogP contribution in [-0.4, -0.2) is 53.2 Å². The minimum atomic E-state index is -0.642. The van der Waals surface area contributed by atoms with E-state index < -0.39 is 6.10 Å². The van der Waals surface area contributed by atoms with E-state index in [1.807, 2.05) is 30.3 Å². The van der Waals surface area contributed by atoms with E-state index in [0.29, 0.717) is 35.8 Å². The second-order valence-corrected chi connectivity index (χ2v) is 6.09. The molecule has 2 rings (SSSR count). The van der Waals surface area contributed by atoms with Crippen LogP contribution in [0.25, 0.3) is 0 Å². The summed E-state index contributed by atoms with van der Waals surface area (Å²) in [5, 5.41) is 10.7. The van der Waals surface area contributed by atoms with Gasteiger partial charge in [0, 0.05) is 26.2 Å².